The number of alkyl halides is 3. The number of nitrogens with zero attached hydrogens (tertiary/aromatic N) is 1. The van der Waals surface area contributed by atoms with E-state index in [-0.39, 0.29) is 11.5 Å². The van der Waals surface area contributed by atoms with Crippen molar-refractivity contribution in [3.05, 3.63) is 51.9 Å². The minimum absolute atomic E-state index is 0.129. The summed E-state index contributed by atoms with van der Waals surface area (Å²) in [5, 5.41) is 2.57. The molecule has 0 unspecified atom stereocenters. The first-order chi connectivity index (χ1) is 9.27. The third-order valence-electron chi connectivity index (χ3n) is 2.63. The molecule has 1 aromatic heterocycles. The molecule has 2 aromatic rings. The Morgan fingerprint density at radius 1 is 1.20 bits per heavy atom. The molecule has 1 aromatic carbocycles. The molecule has 2 nitrogen and oxygen atoms in total. The Bertz CT molecular complexity index is 641. The Hall–Kier alpha value is -1.63. The molecule has 0 aliphatic rings. The number of hydrogen-bond acceptors (Lipinski definition) is 2. The second-order valence-corrected chi connectivity index (χ2v) is 5.05. The summed E-state index contributed by atoms with van der Waals surface area (Å²) in [6, 6.07) is 4.41. The molecule has 0 aliphatic carbocycles. The second kappa shape index (κ2) is 5.40. The molecule has 106 valence electrons. The highest BCUT2D eigenvalue weighted by molar-refractivity contribution is 9.10. The van der Waals surface area contributed by atoms with Crippen LogP contribution < -0.4 is 5.32 Å². The maximum absolute atomic E-state index is 13.6. The SMILES string of the molecule is Cc1ccc(C(F)(F)F)cc1Nc1ncc(Br)cc1F. The number of aromatic nitrogens is 1. The summed E-state index contributed by atoms with van der Waals surface area (Å²) in [6.45, 7) is 1.62. The molecule has 0 aliphatic heterocycles. The number of nitrogens with one attached hydrogen (secondary N) is 1. The van der Waals surface area contributed by atoms with Crippen LogP contribution in [0.3, 0.4) is 0 Å². The van der Waals surface area contributed by atoms with Crippen LogP contribution in [0.25, 0.3) is 0 Å². The van der Waals surface area contributed by atoms with Crippen molar-refractivity contribution < 1.29 is 17.6 Å². The number of aryl methyl sites for hydroxylation is 1. The molecule has 20 heavy (non-hydrogen) atoms. The Morgan fingerprint density at radius 2 is 1.90 bits per heavy atom. The summed E-state index contributed by atoms with van der Waals surface area (Å²) in [7, 11) is 0. The molecule has 0 saturated heterocycles. The standard InChI is InChI=1S/C13H9BrF4N2/c1-7-2-3-8(13(16,17)18)4-11(7)20-12-10(15)5-9(14)6-19-12/h2-6H,1H3,(H,19,20). The minimum atomic E-state index is -4.45. The van der Waals surface area contributed by atoms with E-state index in [9.17, 15) is 17.6 Å². The van der Waals surface area contributed by atoms with Crippen LogP contribution in [0.4, 0.5) is 29.1 Å². The first-order valence-electron chi connectivity index (χ1n) is 5.53. The van der Waals surface area contributed by atoms with Gasteiger partial charge in [0, 0.05) is 16.4 Å². The molecule has 7 heteroatoms. The highest BCUT2D eigenvalue weighted by atomic mass is 79.9. The molecule has 0 saturated carbocycles. The van der Waals surface area contributed by atoms with Gasteiger partial charge in [0.2, 0.25) is 0 Å². The zero-order valence-electron chi connectivity index (χ0n) is 10.2. The van der Waals surface area contributed by atoms with Crippen LogP contribution in [0.15, 0.2) is 34.9 Å². The van der Waals surface area contributed by atoms with Gasteiger partial charge in [-0.15, -0.1) is 0 Å². The van der Waals surface area contributed by atoms with Gasteiger partial charge in [0.25, 0.3) is 0 Å². The van der Waals surface area contributed by atoms with Crippen molar-refractivity contribution in [1.82, 2.24) is 4.98 Å². The third-order valence-corrected chi connectivity index (χ3v) is 3.06. The smallest absolute Gasteiger partial charge is 0.338 e. The first-order valence-corrected chi connectivity index (χ1v) is 6.32. The summed E-state index contributed by atoms with van der Waals surface area (Å²) >= 11 is 3.05. The first kappa shape index (κ1) is 14.8. The van der Waals surface area contributed by atoms with E-state index in [4.69, 9.17) is 0 Å². The van der Waals surface area contributed by atoms with Crippen molar-refractivity contribution in [3.63, 3.8) is 0 Å². The number of rotatable bonds is 2. The summed E-state index contributed by atoms with van der Waals surface area (Å²) in [4.78, 5) is 3.79. The number of pyridine rings is 1. The van der Waals surface area contributed by atoms with E-state index in [0.717, 1.165) is 12.1 Å². The average Bonchev–Trinajstić information content (AvgIpc) is 2.33. The van der Waals surface area contributed by atoms with Gasteiger partial charge in [-0.05, 0) is 46.6 Å². The second-order valence-electron chi connectivity index (χ2n) is 4.14. The van der Waals surface area contributed by atoms with Gasteiger partial charge in [0.15, 0.2) is 11.6 Å². The molecule has 1 heterocycles. The maximum Gasteiger partial charge on any atom is 0.416 e. The van der Waals surface area contributed by atoms with Crippen LogP contribution >= 0.6 is 15.9 Å². The predicted molar refractivity (Wildman–Crippen MR) is 71.4 cm³/mol. The van der Waals surface area contributed by atoms with Gasteiger partial charge in [-0.2, -0.15) is 13.2 Å². The van der Waals surface area contributed by atoms with Crippen LogP contribution in [-0.4, -0.2) is 4.98 Å². The van der Waals surface area contributed by atoms with Crippen LogP contribution in [-0.2, 0) is 6.18 Å². The van der Waals surface area contributed by atoms with Gasteiger partial charge < -0.3 is 5.32 Å². The van der Waals surface area contributed by atoms with Gasteiger partial charge in [-0.3, -0.25) is 0 Å². The van der Waals surface area contributed by atoms with E-state index in [1.807, 2.05) is 0 Å². The van der Waals surface area contributed by atoms with Crippen LogP contribution in [0.5, 0.6) is 0 Å². The van der Waals surface area contributed by atoms with Gasteiger partial charge in [0.05, 0.1) is 5.56 Å². The van der Waals surface area contributed by atoms with Crippen molar-refractivity contribution in [1.29, 1.82) is 0 Å². The zero-order chi connectivity index (χ0) is 14.9. The molecule has 0 radical (unpaired) electrons. The maximum atomic E-state index is 13.6. The fourth-order valence-corrected chi connectivity index (χ4v) is 1.87. The normalized spacial score (nSPS) is 11.5. The number of benzene rings is 1. The van der Waals surface area contributed by atoms with E-state index in [0.29, 0.717) is 10.0 Å². The Balaban J connectivity index is 2.38. The zero-order valence-corrected chi connectivity index (χ0v) is 11.8. The lowest BCUT2D eigenvalue weighted by Gasteiger charge is -2.13. The molecule has 0 fully saturated rings. The molecule has 0 spiro atoms. The van der Waals surface area contributed by atoms with Gasteiger partial charge in [0.1, 0.15) is 0 Å². The summed E-state index contributed by atoms with van der Waals surface area (Å²) in [5.74, 6) is -0.785. The molecule has 2 rings (SSSR count). The van der Waals surface area contributed by atoms with Crippen molar-refractivity contribution >= 4 is 27.4 Å². The molecule has 1 N–H and O–H groups in total. The van der Waals surface area contributed by atoms with Gasteiger partial charge in [-0.1, -0.05) is 6.07 Å². The van der Waals surface area contributed by atoms with Gasteiger partial charge >= 0.3 is 6.18 Å². The molecule has 0 atom stereocenters. The largest absolute Gasteiger partial charge is 0.416 e. The topological polar surface area (TPSA) is 24.9 Å². The fourth-order valence-electron chi connectivity index (χ4n) is 1.57. The third kappa shape index (κ3) is 3.27. The molecule has 0 amide bonds. The van der Waals surface area contributed by atoms with E-state index in [1.165, 1.54) is 18.3 Å². The quantitative estimate of drug-likeness (QED) is 0.767. The van der Waals surface area contributed by atoms with Crippen molar-refractivity contribution in [3.8, 4) is 0 Å². The van der Waals surface area contributed by atoms with Crippen LogP contribution in [0, 0.1) is 12.7 Å². The fraction of sp³-hybridized carbons (Fsp3) is 0.154. The summed E-state index contributed by atoms with van der Waals surface area (Å²) in [6.07, 6.45) is -3.09. The summed E-state index contributed by atoms with van der Waals surface area (Å²) < 4.78 is 52.0. The molecular weight excluding hydrogens is 340 g/mol. The Labute approximate surface area is 121 Å². The molecular formula is C13H9BrF4N2. The lowest BCUT2D eigenvalue weighted by atomic mass is 10.1. The minimum Gasteiger partial charge on any atom is -0.338 e. The number of anilines is 2. The number of halogens is 5. The predicted octanol–water partition coefficient (Wildman–Crippen LogP) is 5.05. The lowest BCUT2D eigenvalue weighted by Crippen LogP contribution is -2.06. The van der Waals surface area contributed by atoms with E-state index in [1.54, 1.807) is 6.92 Å². The lowest BCUT2D eigenvalue weighted by molar-refractivity contribution is -0.137. The number of hydrogen-bond donors (Lipinski definition) is 1. The highest BCUT2D eigenvalue weighted by Crippen LogP contribution is 2.33. The van der Waals surface area contributed by atoms with Crippen LogP contribution in [0.1, 0.15) is 11.1 Å². The van der Waals surface area contributed by atoms with Gasteiger partial charge in [-0.25, -0.2) is 9.37 Å². The molecule has 0 bridgehead atoms. The summed E-state index contributed by atoms with van der Waals surface area (Å²) in [5.41, 5.74) is -0.0845. The Kier molecular flexibility index (Phi) is 3.99. The highest BCUT2D eigenvalue weighted by Gasteiger charge is 2.30. The van der Waals surface area contributed by atoms with Crippen LogP contribution in [0.2, 0.25) is 0 Å². The van der Waals surface area contributed by atoms with E-state index in [2.05, 4.69) is 26.2 Å². The van der Waals surface area contributed by atoms with E-state index >= 15 is 0 Å². The van der Waals surface area contributed by atoms with Crippen molar-refractivity contribution in [2.24, 2.45) is 0 Å². The average molecular weight is 349 g/mol. The van der Waals surface area contributed by atoms with Crippen molar-refractivity contribution in [2.45, 2.75) is 13.1 Å². The monoisotopic (exact) mass is 348 g/mol. The van der Waals surface area contributed by atoms with Crippen molar-refractivity contribution in [2.75, 3.05) is 5.32 Å². The Morgan fingerprint density at radius 3 is 2.50 bits per heavy atom. The van der Waals surface area contributed by atoms with E-state index < -0.39 is 17.6 Å².